The predicted molar refractivity (Wildman–Crippen MR) is 85.7 cm³/mol. The van der Waals surface area contributed by atoms with Gasteiger partial charge in [-0.3, -0.25) is 0 Å². The van der Waals surface area contributed by atoms with Gasteiger partial charge in [-0.25, -0.2) is 4.79 Å². The number of anilines is 1. The SMILES string of the molecule is CCCCCCCOc1ccc(C(=O)OC(C)C)cc1N. The summed E-state index contributed by atoms with van der Waals surface area (Å²) in [5, 5.41) is 0. The van der Waals surface area contributed by atoms with E-state index in [4.69, 9.17) is 15.2 Å². The lowest BCUT2D eigenvalue weighted by atomic mass is 10.1. The molecule has 0 aliphatic heterocycles. The molecule has 0 amide bonds. The van der Waals surface area contributed by atoms with Gasteiger partial charge in [-0.05, 0) is 38.5 Å². The number of rotatable bonds is 9. The van der Waals surface area contributed by atoms with Crippen LogP contribution < -0.4 is 10.5 Å². The van der Waals surface area contributed by atoms with Crippen LogP contribution in [0, 0.1) is 0 Å². The average Bonchev–Trinajstić information content (AvgIpc) is 2.43. The molecule has 0 spiro atoms. The van der Waals surface area contributed by atoms with Crippen LogP contribution in [-0.4, -0.2) is 18.7 Å². The van der Waals surface area contributed by atoms with Gasteiger partial charge < -0.3 is 15.2 Å². The molecule has 2 N–H and O–H groups in total. The Labute approximate surface area is 127 Å². The highest BCUT2D eigenvalue weighted by Crippen LogP contribution is 2.23. The third-order valence-electron chi connectivity index (χ3n) is 3.09. The van der Waals surface area contributed by atoms with Crippen LogP contribution in [0.15, 0.2) is 18.2 Å². The first-order chi connectivity index (χ1) is 10.0. The zero-order valence-electron chi connectivity index (χ0n) is 13.4. The lowest BCUT2D eigenvalue weighted by Gasteiger charge is -2.11. The Balaban J connectivity index is 2.45. The number of nitrogens with two attached hydrogens (primary N) is 1. The van der Waals surface area contributed by atoms with E-state index >= 15 is 0 Å². The number of esters is 1. The van der Waals surface area contributed by atoms with Crippen molar-refractivity contribution < 1.29 is 14.3 Å². The molecule has 1 aromatic carbocycles. The Morgan fingerprint density at radius 1 is 1.19 bits per heavy atom. The van der Waals surface area contributed by atoms with Crippen LogP contribution >= 0.6 is 0 Å². The van der Waals surface area contributed by atoms with Crippen LogP contribution in [0.5, 0.6) is 5.75 Å². The minimum atomic E-state index is -0.359. The standard InChI is InChI=1S/C17H27NO3/c1-4-5-6-7-8-11-20-16-10-9-14(12-15(16)18)17(19)21-13(2)3/h9-10,12-13H,4-8,11,18H2,1-3H3. The third-order valence-corrected chi connectivity index (χ3v) is 3.09. The molecule has 0 radical (unpaired) electrons. The molecule has 0 saturated heterocycles. The van der Waals surface area contributed by atoms with E-state index in [2.05, 4.69) is 6.92 Å². The Kier molecular flexibility index (Phi) is 7.65. The van der Waals surface area contributed by atoms with Crippen LogP contribution in [0.1, 0.15) is 63.2 Å². The van der Waals surface area contributed by atoms with Crippen molar-refractivity contribution in [2.75, 3.05) is 12.3 Å². The fourth-order valence-corrected chi connectivity index (χ4v) is 1.98. The highest BCUT2D eigenvalue weighted by atomic mass is 16.5. The second kappa shape index (κ2) is 9.27. The molecule has 21 heavy (non-hydrogen) atoms. The lowest BCUT2D eigenvalue weighted by Crippen LogP contribution is -2.12. The molecule has 0 aliphatic carbocycles. The quantitative estimate of drug-likeness (QED) is 0.421. The third kappa shape index (κ3) is 6.52. The largest absolute Gasteiger partial charge is 0.491 e. The monoisotopic (exact) mass is 293 g/mol. The molecule has 0 aliphatic rings. The van der Waals surface area contributed by atoms with Crippen molar-refractivity contribution in [3.05, 3.63) is 23.8 Å². The van der Waals surface area contributed by atoms with E-state index in [1.165, 1.54) is 25.7 Å². The second-order valence-electron chi connectivity index (χ2n) is 5.47. The Morgan fingerprint density at radius 3 is 2.52 bits per heavy atom. The summed E-state index contributed by atoms with van der Waals surface area (Å²) in [5.41, 5.74) is 6.85. The molecule has 4 nitrogen and oxygen atoms in total. The minimum Gasteiger partial charge on any atom is -0.491 e. The summed E-state index contributed by atoms with van der Waals surface area (Å²) in [4.78, 5) is 11.8. The highest BCUT2D eigenvalue weighted by molar-refractivity contribution is 5.91. The van der Waals surface area contributed by atoms with Gasteiger partial charge in [-0.15, -0.1) is 0 Å². The first kappa shape index (κ1) is 17.3. The van der Waals surface area contributed by atoms with E-state index in [0.717, 1.165) is 6.42 Å². The summed E-state index contributed by atoms with van der Waals surface area (Å²) in [5.74, 6) is 0.273. The van der Waals surface area contributed by atoms with Gasteiger partial charge in [0.25, 0.3) is 0 Å². The molecule has 0 atom stereocenters. The van der Waals surface area contributed by atoms with E-state index in [1.807, 2.05) is 13.8 Å². The number of unbranched alkanes of at least 4 members (excludes halogenated alkanes) is 4. The zero-order valence-corrected chi connectivity index (χ0v) is 13.4. The fourth-order valence-electron chi connectivity index (χ4n) is 1.98. The number of benzene rings is 1. The Bertz CT molecular complexity index is 444. The molecule has 118 valence electrons. The predicted octanol–water partition coefficient (Wildman–Crippen LogP) is 4.18. The van der Waals surface area contributed by atoms with Crippen LogP contribution in [0.4, 0.5) is 5.69 Å². The molecule has 0 fully saturated rings. The number of carbonyl (C=O) groups is 1. The minimum absolute atomic E-state index is 0.141. The van der Waals surface area contributed by atoms with Gasteiger partial charge in [0, 0.05) is 0 Å². The van der Waals surface area contributed by atoms with Crippen LogP contribution in [-0.2, 0) is 4.74 Å². The smallest absolute Gasteiger partial charge is 0.338 e. The van der Waals surface area contributed by atoms with E-state index in [9.17, 15) is 4.79 Å². The van der Waals surface area contributed by atoms with Gasteiger partial charge in [0.05, 0.1) is 24.0 Å². The summed E-state index contributed by atoms with van der Waals surface area (Å²) in [6, 6.07) is 5.03. The molecule has 1 aromatic rings. The van der Waals surface area contributed by atoms with Crippen molar-refractivity contribution in [3.63, 3.8) is 0 Å². The fraction of sp³-hybridized carbons (Fsp3) is 0.588. The van der Waals surface area contributed by atoms with Crippen molar-refractivity contribution in [1.29, 1.82) is 0 Å². The van der Waals surface area contributed by atoms with Gasteiger partial charge in [0.15, 0.2) is 0 Å². The van der Waals surface area contributed by atoms with Crippen molar-refractivity contribution in [3.8, 4) is 5.75 Å². The van der Waals surface area contributed by atoms with Crippen LogP contribution in [0.2, 0.25) is 0 Å². The van der Waals surface area contributed by atoms with Gasteiger partial charge in [-0.2, -0.15) is 0 Å². The van der Waals surface area contributed by atoms with E-state index in [-0.39, 0.29) is 12.1 Å². The summed E-state index contributed by atoms with van der Waals surface area (Å²) in [7, 11) is 0. The first-order valence-corrected chi connectivity index (χ1v) is 7.78. The first-order valence-electron chi connectivity index (χ1n) is 7.78. The Hall–Kier alpha value is -1.71. The van der Waals surface area contributed by atoms with E-state index in [1.54, 1.807) is 18.2 Å². The maximum atomic E-state index is 11.8. The summed E-state index contributed by atoms with van der Waals surface area (Å²) >= 11 is 0. The van der Waals surface area contributed by atoms with Gasteiger partial charge in [-0.1, -0.05) is 32.6 Å². The van der Waals surface area contributed by atoms with E-state index in [0.29, 0.717) is 23.6 Å². The van der Waals surface area contributed by atoms with Gasteiger partial charge >= 0.3 is 5.97 Å². The number of hydrogen-bond acceptors (Lipinski definition) is 4. The molecule has 4 heteroatoms. The summed E-state index contributed by atoms with van der Waals surface area (Å²) in [6.45, 7) is 6.49. The van der Waals surface area contributed by atoms with Crippen molar-refractivity contribution in [1.82, 2.24) is 0 Å². The molecule has 0 saturated carbocycles. The lowest BCUT2D eigenvalue weighted by molar-refractivity contribution is 0.0378. The summed E-state index contributed by atoms with van der Waals surface area (Å²) in [6.07, 6.45) is 5.81. The molecule has 0 aromatic heterocycles. The highest BCUT2D eigenvalue weighted by Gasteiger charge is 2.11. The zero-order chi connectivity index (χ0) is 15.7. The molecule has 0 heterocycles. The van der Waals surface area contributed by atoms with Crippen molar-refractivity contribution in [2.24, 2.45) is 0 Å². The number of hydrogen-bond donors (Lipinski definition) is 1. The topological polar surface area (TPSA) is 61.5 Å². The Morgan fingerprint density at radius 2 is 1.90 bits per heavy atom. The van der Waals surface area contributed by atoms with Gasteiger partial charge in [0.2, 0.25) is 0 Å². The normalized spacial score (nSPS) is 10.7. The maximum Gasteiger partial charge on any atom is 0.338 e. The van der Waals surface area contributed by atoms with E-state index < -0.39 is 0 Å². The molecular formula is C17H27NO3. The maximum absolute atomic E-state index is 11.8. The number of carbonyl (C=O) groups excluding carboxylic acids is 1. The van der Waals surface area contributed by atoms with Gasteiger partial charge in [0.1, 0.15) is 5.75 Å². The summed E-state index contributed by atoms with van der Waals surface area (Å²) < 4.78 is 10.8. The van der Waals surface area contributed by atoms with Crippen molar-refractivity contribution in [2.45, 2.75) is 59.0 Å². The van der Waals surface area contributed by atoms with Crippen molar-refractivity contribution >= 4 is 11.7 Å². The van der Waals surface area contributed by atoms with Crippen LogP contribution in [0.3, 0.4) is 0 Å². The average molecular weight is 293 g/mol. The van der Waals surface area contributed by atoms with Crippen LogP contribution in [0.25, 0.3) is 0 Å². The molecule has 0 bridgehead atoms. The molecular weight excluding hydrogens is 266 g/mol. The molecule has 0 unspecified atom stereocenters. The number of ether oxygens (including phenoxy) is 2. The molecule has 1 rings (SSSR count). The second-order valence-corrected chi connectivity index (χ2v) is 5.47. The number of nitrogen functional groups attached to an aromatic ring is 1.